The number of carbonyl (C=O) groups excluding carboxylic acids is 2. The van der Waals surface area contributed by atoms with Crippen LogP contribution in [0, 0.1) is 5.92 Å². The zero-order valence-electron chi connectivity index (χ0n) is 11.0. The fraction of sp³-hybridized carbons (Fsp3) is 0.846. The van der Waals surface area contributed by atoms with Crippen LogP contribution >= 0.6 is 0 Å². The van der Waals surface area contributed by atoms with Gasteiger partial charge in [0.1, 0.15) is 0 Å². The molecule has 0 aromatic rings. The van der Waals surface area contributed by atoms with Crippen molar-refractivity contribution in [3.63, 3.8) is 0 Å². The van der Waals surface area contributed by atoms with Gasteiger partial charge in [-0.25, -0.2) is 0 Å². The second-order valence-corrected chi connectivity index (χ2v) is 5.40. The van der Waals surface area contributed by atoms with Gasteiger partial charge in [-0.15, -0.1) is 0 Å². The molecular weight excluding hydrogens is 230 g/mol. The molecule has 5 heteroatoms. The summed E-state index contributed by atoms with van der Waals surface area (Å²) >= 11 is 0. The Labute approximate surface area is 108 Å². The summed E-state index contributed by atoms with van der Waals surface area (Å²) in [7, 11) is 0. The predicted molar refractivity (Wildman–Crippen MR) is 68.7 cm³/mol. The number of amides is 2. The van der Waals surface area contributed by atoms with E-state index in [9.17, 15) is 9.59 Å². The van der Waals surface area contributed by atoms with E-state index in [1.54, 1.807) is 0 Å². The summed E-state index contributed by atoms with van der Waals surface area (Å²) in [5.41, 5.74) is 5.93. The van der Waals surface area contributed by atoms with Crippen LogP contribution in [0.5, 0.6) is 0 Å². The van der Waals surface area contributed by atoms with Crippen LogP contribution in [-0.4, -0.2) is 41.9 Å². The fourth-order valence-corrected chi connectivity index (χ4v) is 3.08. The summed E-state index contributed by atoms with van der Waals surface area (Å²) < 4.78 is 0. The van der Waals surface area contributed by atoms with Gasteiger partial charge in [0.05, 0.1) is 12.0 Å². The molecule has 102 valence electrons. The Morgan fingerprint density at radius 1 is 1.61 bits per heavy atom. The predicted octanol–water partition coefficient (Wildman–Crippen LogP) is 0.241. The van der Waals surface area contributed by atoms with Gasteiger partial charge in [0.25, 0.3) is 0 Å². The molecule has 0 aromatic heterocycles. The van der Waals surface area contributed by atoms with E-state index < -0.39 is 0 Å². The minimum Gasteiger partial charge on any atom is -0.354 e. The Kier molecular flexibility index (Phi) is 4.22. The topological polar surface area (TPSA) is 75.4 Å². The maximum absolute atomic E-state index is 12.2. The Balaban J connectivity index is 1.95. The van der Waals surface area contributed by atoms with Crippen LogP contribution in [0.4, 0.5) is 0 Å². The Bertz CT molecular complexity index is 332. The molecule has 18 heavy (non-hydrogen) atoms. The third-order valence-corrected chi connectivity index (χ3v) is 4.02. The molecule has 2 amide bonds. The van der Waals surface area contributed by atoms with Crippen molar-refractivity contribution in [2.45, 2.75) is 51.1 Å². The summed E-state index contributed by atoms with van der Waals surface area (Å²) in [5.74, 6) is 0.225. The van der Waals surface area contributed by atoms with Crippen LogP contribution in [-0.2, 0) is 9.59 Å². The van der Waals surface area contributed by atoms with Crippen LogP contribution < -0.4 is 11.1 Å². The van der Waals surface area contributed by atoms with Crippen molar-refractivity contribution in [2.75, 3.05) is 13.1 Å². The van der Waals surface area contributed by atoms with Crippen molar-refractivity contribution in [1.82, 2.24) is 10.2 Å². The second-order valence-electron chi connectivity index (χ2n) is 5.40. The Morgan fingerprint density at radius 3 is 3.11 bits per heavy atom. The molecule has 0 aliphatic carbocycles. The smallest absolute Gasteiger partial charge is 0.225 e. The first-order chi connectivity index (χ1) is 8.63. The highest BCUT2D eigenvalue weighted by atomic mass is 16.2. The van der Waals surface area contributed by atoms with Gasteiger partial charge in [0, 0.05) is 25.6 Å². The number of rotatable bonds is 4. The van der Waals surface area contributed by atoms with E-state index in [4.69, 9.17) is 5.73 Å². The number of carbonyl (C=O) groups is 2. The van der Waals surface area contributed by atoms with Gasteiger partial charge in [-0.05, 0) is 19.3 Å². The molecule has 3 unspecified atom stereocenters. The van der Waals surface area contributed by atoms with Gasteiger partial charge >= 0.3 is 0 Å². The van der Waals surface area contributed by atoms with Crippen molar-refractivity contribution in [1.29, 1.82) is 0 Å². The van der Waals surface area contributed by atoms with Gasteiger partial charge in [0.2, 0.25) is 11.8 Å². The number of hydrogen-bond donors (Lipinski definition) is 2. The molecule has 2 saturated heterocycles. The van der Waals surface area contributed by atoms with E-state index in [1.807, 2.05) is 4.90 Å². The number of hydrogen-bond acceptors (Lipinski definition) is 3. The molecule has 2 rings (SSSR count). The molecule has 0 saturated carbocycles. The molecule has 3 N–H and O–H groups in total. The largest absolute Gasteiger partial charge is 0.354 e. The molecule has 0 aromatic carbocycles. The quantitative estimate of drug-likeness (QED) is 0.753. The molecular formula is C13H23N3O2. The lowest BCUT2D eigenvalue weighted by atomic mass is 9.91. The SMILES string of the molecule is CCCC(N)CC(=O)N1CCCC2C(=O)NCC21. The molecule has 3 atom stereocenters. The van der Waals surface area contributed by atoms with E-state index in [-0.39, 0.29) is 29.8 Å². The summed E-state index contributed by atoms with van der Waals surface area (Å²) in [4.78, 5) is 25.7. The van der Waals surface area contributed by atoms with Gasteiger partial charge in [-0.1, -0.05) is 13.3 Å². The van der Waals surface area contributed by atoms with Gasteiger partial charge in [0.15, 0.2) is 0 Å². The van der Waals surface area contributed by atoms with Crippen LogP contribution in [0.1, 0.15) is 39.0 Å². The third-order valence-electron chi connectivity index (χ3n) is 4.02. The summed E-state index contributed by atoms with van der Waals surface area (Å²) in [5, 5.41) is 2.86. The second kappa shape index (κ2) is 5.69. The van der Waals surface area contributed by atoms with E-state index >= 15 is 0 Å². The van der Waals surface area contributed by atoms with Crippen molar-refractivity contribution in [3.8, 4) is 0 Å². The molecule has 0 bridgehead atoms. The van der Waals surface area contributed by atoms with Gasteiger partial charge in [-0.2, -0.15) is 0 Å². The highest BCUT2D eigenvalue weighted by Gasteiger charge is 2.42. The van der Waals surface area contributed by atoms with Crippen molar-refractivity contribution in [3.05, 3.63) is 0 Å². The fourth-order valence-electron chi connectivity index (χ4n) is 3.08. The maximum Gasteiger partial charge on any atom is 0.225 e. The van der Waals surface area contributed by atoms with Gasteiger partial charge < -0.3 is 16.0 Å². The van der Waals surface area contributed by atoms with Crippen LogP contribution in [0.2, 0.25) is 0 Å². The zero-order chi connectivity index (χ0) is 13.1. The van der Waals surface area contributed by atoms with Crippen LogP contribution in [0.15, 0.2) is 0 Å². The standard InChI is InChI=1S/C13H23N3O2/c1-2-4-9(14)7-12(17)16-6-3-5-10-11(16)8-15-13(10)18/h9-11H,2-8,14H2,1H3,(H,15,18). The van der Waals surface area contributed by atoms with Crippen LogP contribution in [0.3, 0.4) is 0 Å². The molecule has 0 spiro atoms. The molecule has 2 aliphatic heterocycles. The minimum absolute atomic E-state index is 0.00472. The first-order valence-electron chi connectivity index (χ1n) is 6.96. The maximum atomic E-state index is 12.2. The summed E-state index contributed by atoms with van der Waals surface area (Å²) in [6, 6.07) is 0.0144. The first kappa shape index (κ1) is 13.3. The summed E-state index contributed by atoms with van der Waals surface area (Å²) in [6.45, 7) is 3.45. The number of likely N-dealkylation sites (tertiary alicyclic amines) is 1. The lowest BCUT2D eigenvalue weighted by molar-refractivity contribution is -0.137. The Morgan fingerprint density at radius 2 is 2.39 bits per heavy atom. The highest BCUT2D eigenvalue weighted by Crippen LogP contribution is 2.27. The molecule has 5 nitrogen and oxygen atoms in total. The Hall–Kier alpha value is -1.10. The lowest BCUT2D eigenvalue weighted by Gasteiger charge is -2.36. The molecule has 2 aliphatic rings. The van der Waals surface area contributed by atoms with E-state index in [1.165, 1.54) is 0 Å². The van der Waals surface area contributed by atoms with Crippen LogP contribution in [0.25, 0.3) is 0 Å². The van der Waals surface area contributed by atoms with E-state index in [0.717, 1.165) is 32.2 Å². The summed E-state index contributed by atoms with van der Waals surface area (Å²) in [6.07, 6.45) is 4.11. The van der Waals surface area contributed by atoms with Crippen molar-refractivity contribution in [2.24, 2.45) is 11.7 Å². The zero-order valence-corrected chi connectivity index (χ0v) is 11.0. The number of nitrogens with zero attached hydrogens (tertiary/aromatic N) is 1. The number of nitrogens with one attached hydrogen (secondary N) is 1. The van der Waals surface area contributed by atoms with E-state index in [2.05, 4.69) is 12.2 Å². The average Bonchev–Trinajstić information content (AvgIpc) is 2.71. The normalized spacial score (nSPS) is 28.8. The van der Waals surface area contributed by atoms with Crippen molar-refractivity contribution >= 4 is 11.8 Å². The van der Waals surface area contributed by atoms with Gasteiger partial charge in [-0.3, -0.25) is 9.59 Å². The molecule has 2 heterocycles. The lowest BCUT2D eigenvalue weighted by Crippen LogP contribution is -2.49. The molecule has 2 fully saturated rings. The average molecular weight is 253 g/mol. The van der Waals surface area contributed by atoms with E-state index in [0.29, 0.717) is 13.0 Å². The third kappa shape index (κ3) is 2.66. The number of piperidine rings is 1. The molecule has 0 radical (unpaired) electrons. The number of fused-ring (bicyclic) bond motifs is 1. The minimum atomic E-state index is -0.0482. The van der Waals surface area contributed by atoms with Crippen molar-refractivity contribution < 1.29 is 9.59 Å². The number of nitrogens with two attached hydrogens (primary N) is 1. The monoisotopic (exact) mass is 253 g/mol. The first-order valence-corrected chi connectivity index (χ1v) is 6.96. The highest BCUT2D eigenvalue weighted by molar-refractivity contribution is 5.84.